The van der Waals surface area contributed by atoms with Gasteiger partial charge in [0.25, 0.3) is 0 Å². The van der Waals surface area contributed by atoms with Gasteiger partial charge < -0.3 is 19.3 Å². The van der Waals surface area contributed by atoms with E-state index in [1.807, 2.05) is 0 Å². The Morgan fingerprint density at radius 2 is 0.900 bits per heavy atom. The van der Waals surface area contributed by atoms with Crippen molar-refractivity contribution in [3.63, 3.8) is 0 Å². The number of carbonyl (C=O) groups excluding carboxylic acids is 2. The summed E-state index contributed by atoms with van der Waals surface area (Å²) in [6.45, 7) is 3.61. The van der Waals surface area contributed by atoms with E-state index in [1.165, 1.54) is 83.5 Å². The van der Waals surface area contributed by atoms with Crippen molar-refractivity contribution in [2.45, 2.75) is 187 Å². The lowest BCUT2D eigenvalue weighted by Gasteiger charge is -2.18. The van der Waals surface area contributed by atoms with Gasteiger partial charge >= 0.3 is 19.8 Å². The Balaban J connectivity index is 4.01. The first kappa shape index (κ1) is 48.0. The second kappa shape index (κ2) is 36.8. The number of allylic oxidation sites excluding steroid dienone is 8. The summed E-state index contributed by atoms with van der Waals surface area (Å²) < 4.78 is 26.3. The Kier molecular flexibility index (Phi) is 35.3. The predicted octanol–water partition coefficient (Wildman–Crippen LogP) is 12.0. The lowest BCUT2D eigenvalue weighted by Crippen LogP contribution is -2.29. The van der Waals surface area contributed by atoms with Crippen LogP contribution >= 0.6 is 7.82 Å². The molecule has 0 bridgehead atoms. The fourth-order valence-corrected chi connectivity index (χ4v) is 5.67. The first-order valence-corrected chi connectivity index (χ1v) is 21.5. The number of unbranched alkanes of at least 4 members (excludes halogenated alkanes) is 18. The maximum atomic E-state index is 12.4. The maximum Gasteiger partial charge on any atom is 0.469 e. The van der Waals surface area contributed by atoms with Gasteiger partial charge in [-0.15, -0.1) is 0 Å². The zero-order valence-corrected chi connectivity index (χ0v) is 32.7. The van der Waals surface area contributed by atoms with Crippen LogP contribution in [-0.4, -0.2) is 41.0 Å². The SMILES string of the molecule is CCCCC/C=C/C/C=C/CCCCCCCCCC(=O)O[C@H](COC(=O)CCCC/C=C/C/C=C/CCCCCCCC)COP(=O)(O)O. The molecule has 2 N–H and O–H groups in total. The van der Waals surface area contributed by atoms with Gasteiger partial charge in [0.15, 0.2) is 6.10 Å². The quantitative estimate of drug-likeness (QED) is 0.0284. The molecule has 8 nitrogen and oxygen atoms in total. The molecule has 0 amide bonds. The number of esters is 2. The summed E-state index contributed by atoms with van der Waals surface area (Å²) in [5.74, 6) is -0.933. The summed E-state index contributed by atoms with van der Waals surface area (Å²) in [4.78, 5) is 42.7. The Bertz CT molecular complexity index is 952. The van der Waals surface area contributed by atoms with Gasteiger partial charge in [0, 0.05) is 12.8 Å². The van der Waals surface area contributed by atoms with Crippen LogP contribution < -0.4 is 0 Å². The van der Waals surface area contributed by atoms with Crippen molar-refractivity contribution in [2.24, 2.45) is 0 Å². The topological polar surface area (TPSA) is 119 Å². The molecule has 0 radical (unpaired) electrons. The van der Waals surface area contributed by atoms with E-state index in [1.54, 1.807) is 0 Å². The van der Waals surface area contributed by atoms with Crippen molar-refractivity contribution in [2.75, 3.05) is 13.2 Å². The Morgan fingerprint density at radius 3 is 1.40 bits per heavy atom. The van der Waals surface area contributed by atoms with Crippen molar-refractivity contribution in [3.8, 4) is 0 Å². The molecular weight excluding hydrogens is 651 g/mol. The van der Waals surface area contributed by atoms with Crippen LogP contribution in [0.3, 0.4) is 0 Å². The molecule has 0 saturated carbocycles. The fourth-order valence-electron chi connectivity index (χ4n) is 5.31. The Morgan fingerprint density at radius 1 is 0.520 bits per heavy atom. The fraction of sp³-hybridized carbons (Fsp3) is 0.756. The highest BCUT2D eigenvalue weighted by atomic mass is 31.2. The van der Waals surface area contributed by atoms with E-state index in [9.17, 15) is 14.2 Å². The highest BCUT2D eigenvalue weighted by molar-refractivity contribution is 7.46. The van der Waals surface area contributed by atoms with Crippen LogP contribution in [0.5, 0.6) is 0 Å². The second-order valence-corrected chi connectivity index (χ2v) is 14.5. The van der Waals surface area contributed by atoms with E-state index in [4.69, 9.17) is 19.3 Å². The van der Waals surface area contributed by atoms with Gasteiger partial charge in [-0.25, -0.2) is 4.57 Å². The summed E-state index contributed by atoms with van der Waals surface area (Å²) >= 11 is 0. The third-order valence-corrected chi connectivity index (χ3v) is 8.81. The molecule has 0 saturated heterocycles. The maximum absolute atomic E-state index is 12.4. The molecule has 0 heterocycles. The highest BCUT2D eigenvalue weighted by Gasteiger charge is 2.22. The minimum atomic E-state index is -4.76. The minimum absolute atomic E-state index is 0.195. The summed E-state index contributed by atoms with van der Waals surface area (Å²) in [6.07, 6.45) is 44.0. The molecule has 0 rings (SSSR count). The van der Waals surface area contributed by atoms with E-state index < -0.39 is 32.5 Å². The Hall–Kier alpha value is -1.99. The van der Waals surface area contributed by atoms with Gasteiger partial charge in [-0.3, -0.25) is 14.1 Å². The number of rotatable bonds is 36. The molecule has 9 heteroatoms. The van der Waals surface area contributed by atoms with Crippen molar-refractivity contribution in [1.82, 2.24) is 0 Å². The molecule has 0 spiro atoms. The molecule has 50 heavy (non-hydrogen) atoms. The zero-order chi connectivity index (χ0) is 36.8. The van der Waals surface area contributed by atoms with Crippen LogP contribution in [0.25, 0.3) is 0 Å². The molecule has 0 fully saturated rings. The normalized spacial score (nSPS) is 13.0. The van der Waals surface area contributed by atoms with Gasteiger partial charge in [0.05, 0.1) is 6.61 Å². The molecule has 0 aliphatic carbocycles. The average Bonchev–Trinajstić information content (AvgIpc) is 3.08. The van der Waals surface area contributed by atoms with Crippen LogP contribution in [0.1, 0.15) is 181 Å². The number of phosphoric ester groups is 1. The first-order chi connectivity index (χ1) is 24.3. The van der Waals surface area contributed by atoms with Crippen LogP contribution in [0.4, 0.5) is 0 Å². The zero-order valence-electron chi connectivity index (χ0n) is 31.8. The predicted molar refractivity (Wildman–Crippen MR) is 207 cm³/mol. The number of carbonyl (C=O) groups is 2. The number of hydrogen-bond acceptors (Lipinski definition) is 6. The average molecular weight is 725 g/mol. The van der Waals surface area contributed by atoms with Crippen molar-refractivity contribution in [3.05, 3.63) is 48.6 Å². The molecule has 0 aromatic carbocycles. The monoisotopic (exact) mass is 725 g/mol. The van der Waals surface area contributed by atoms with Crippen LogP contribution in [0, 0.1) is 0 Å². The van der Waals surface area contributed by atoms with Gasteiger partial charge in [-0.2, -0.15) is 0 Å². The van der Waals surface area contributed by atoms with Crippen LogP contribution in [0.2, 0.25) is 0 Å². The summed E-state index contributed by atoms with van der Waals surface area (Å²) in [6, 6.07) is 0. The lowest BCUT2D eigenvalue weighted by molar-refractivity contribution is -0.161. The lowest BCUT2D eigenvalue weighted by atomic mass is 10.1. The molecule has 0 unspecified atom stereocenters. The van der Waals surface area contributed by atoms with E-state index in [2.05, 4.69) is 67.0 Å². The molecule has 0 aliphatic rings. The smallest absolute Gasteiger partial charge is 0.462 e. The third kappa shape index (κ3) is 38.8. The second-order valence-electron chi connectivity index (χ2n) is 13.2. The van der Waals surface area contributed by atoms with Crippen molar-refractivity contribution in [1.29, 1.82) is 0 Å². The van der Waals surface area contributed by atoms with Gasteiger partial charge in [-0.05, 0) is 77.0 Å². The van der Waals surface area contributed by atoms with Crippen LogP contribution in [0.15, 0.2) is 48.6 Å². The molecule has 0 aromatic heterocycles. The molecular formula is C41H73O8P. The summed E-state index contributed by atoms with van der Waals surface area (Å²) in [7, 11) is -4.76. The van der Waals surface area contributed by atoms with Gasteiger partial charge in [0.1, 0.15) is 6.61 Å². The van der Waals surface area contributed by atoms with Gasteiger partial charge in [0.2, 0.25) is 0 Å². The molecule has 0 aromatic rings. The molecule has 1 atom stereocenters. The number of ether oxygens (including phenoxy) is 2. The van der Waals surface area contributed by atoms with E-state index in [0.717, 1.165) is 57.8 Å². The first-order valence-electron chi connectivity index (χ1n) is 19.9. The highest BCUT2D eigenvalue weighted by Crippen LogP contribution is 2.36. The van der Waals surface area contributed by atoms with Crippen molar-refractivity contribution >= 4 is 19.8 Å². The molecule has 0 aliphatic heterocycles. The molecule has 290 valence electrons. The van der Waals surface area contributed by atoms with Crippen LogP contribution in [-0.2, 0) is 28.2 Å². The standard InChI is InChI=1S/C41H73O8P/c1-3-5-7-9-11-13-15-17-19-20-22-24-26-28-30-32-34-36-41(43)49-39(38-48-50(44,45)46)37-47-40(42)35-33-31-29-27-25-23-21-18-16-14-12-10-8-6-4-2/h11,13,17-19,21,25,27,39H,3-10,12,14-16,20,22-24,26,28-38H2,1-2H3,(H2,44,45,46)/b13-11+,19-17+,21-18+,27-25+/t39-/m1/s1. The van der Waals surface area contributed by atoms with E-state index in [-0.39, 0.29) is 19.4 Å². The largest absolute Gasteiger partial charge is 0.469 e. The van der Waals surface area contributed by atoms with E-state index >= 15 is 0 Å². The number of phosphoric acid groups is 1. The summed E-state index contributed by atoms with van der Waals surface area (Å²) in [5, 5.41) is 0. The Labute approximate surface area is 305 Å². The van der Waals surface area contributed by atoms with Gasteiger partial charge in [-0.1, -0.05) is 140 Å². The minimum Gasteiger partial charge on any atom is -0.462 e. The van der Waals surface area contributed by atoms with E-state index in [0.29, 0.717) is 12.8 Å². The number of hydrogen-bond donors (Lipinski definition) is 2. The van der Waals surface area contributed by atoms with Crippen molar-refractivity contribution < 1.29 is 37.9 Å². The third-order valence-electron chi connectivity index (χ3n) is 8.32. The summed E-state index contributed by atoms with van der Waals surface area (Å²) in [5.41, 5.74) is 0.